The number of benzene rings is 1. The fourth-order valence-electron chi connectivity index (χ4n) is 2.23. The number of aromatic nitrogens is 2. The lowest BCUT2D eigenvalue weighted by Gasteiger charge is -2.06. The maximum Gasteiger partial charge on any atom is 0.171 e. The normalized spacial score (nSPS) is 10.3. The van der Waals surface area contributed by atoms with E-state index in [0.29, 0.717) is 12.2 Å². The molecule has 4 nitrogen and oxygen atoms in total. The molecule has 0 unspecified atom stereocenters. The average Bonchev–Trinajstić information content (AvgIpc) is 3.06. The van der Waals surface area contributed by atoms with Crippen molar-refractivity contribution in [2.45, 2.75) is 12.8 Å². The standard InChI is InChI=1S/C18H15BrN4S/c19-14-3-1-13(2-4-14)8-11-21-17-9-12-22-18(23-17)16-6-5-15(24-16)7-10-20/h1-6,9,12H,7-8,11H2,(H,21,22,23). The lowest BCUT2D eigenvalue weighted by molar-refractivity contribution is 1.00. The Labute approximate surface area is 153 Å². The Hall–Kier alpha value is -2.23. The van der Waals surface area contributed by atoms with Gasteiger partial charge >= 0.3 is 0 Å². The van der Waals surface area contributed by atoms with Crippen molar-refractivity contribution >= 4 is 33.1 Å². The molecule has 0 radical (unpaired) electrons. The van der Waals surface area contributed by atoms with Crippen LogP contribution in [0.4, 0.5) is 5.82 Å². The Morgan fingerprint density at radius 2 is 1.96 bits per heavy atom. The van der Waals surface area contributed by atoms with Crippen molar-refractivity contribution in [2.75, 3.05) is 11.9 Å². The number of nitrogens with one attached hydrogen (secondary N) is 1. The van der Waals surface area contributed by atoms with Gasteiger partial charge in [-0.3, -0.25) is 0 Å². The fourth-order valence-corrected chi connectivity index (χ4v) is 3.38. The molecule has 3 aromatic rings. The third kappa shape index (κ3) is 4.40. The van der Waals surface area contributed by atoms with Gasteiger partial charge in [0.15, 0.2) is 5.82 Å². The van der Waals surface area contributed by atoms with Gasteiger partial charge in [0.05, 0.1) is 17.4 Å². The average molecular weight is 399 g/mol. The van der Waals surface area contributed by atoms with Gasteiger partial charge in [-0.25, -0.2) is 9.97 Å². The molecule has 0 aliphatic heterocycles. The van der Waals surface area contributed by atoms with E-state index in [9.17, 15) is 0 Å². The van der Waals surface area contributed by atoms with Crippen LogP contribution in [0.3, 0.4) is 0 Å². The van der Waals surface area contributed by atoms with Gasteiger partial charge in [0.2, 0.25) is 0 Å². The van der Waals surface area contributed by atoms with Gasteiger partial charge in [-0.2, -0.15) is 5.26 Å². The number of halogens is 1. The molecule has 0 fully saturated rings. The summed E-state index contributed by atoms with van der Waals surface area (Å²) in [6.45, 7) is 0.808. The van der Waals surface area contributed by atoms with E-state index in [1.165, 1.54) is 5.56 Å². The molecule has 0 aliphatic rings. The van der Waals surface area contributed by atoms with Crippen LogP contribution in [-0.4, -0.2) is 16.5 Å². The third-order valence-corrected chi connectivity index (χ3v) is 5.03. The number of thiophene rings is 1. The van der Waals surface area contributed by atoms with Crippen molar-refractivity contribution < 1.29 is 0 Å². The Morgan fingerprint density at radius 1 is 1.12 bits per heavy atom. The van der Waals surface area contributed by atoms with E-state index >= 15 is 0 Å². The lowest BCUT2D eigenvalue weighted by atomic mass is 10.1. The maximum absolute atomic E-state index is 8.76. The molecule has 1 aromatic carbocycles. The molecule has 24 heavy (non-hydrogen) atoms. The molecular weight excluding hydrogens is 384 g/mol. The van der Waals surface area contributed by atoms with Crippen molar-refractivity contribution in [3.05, 3.63) is 63.6 Å². The first kappa shape index (κ1) is 16.6. The highest BCUT2D eigenvalue weighted by Crippen LogP contribution is 2.26. The summed E-state index contributed by atoms with van der Waals surface area (Å²) in [7, 11) is 0. The van der Waals surface area contributed by atoms with Crippen LogP contribution in [0.25, 0.3) is 10.7 Å². The lowest BCUT2D eigenvalue weighted by Crippen LogP contribution is -2.06. The highest BCUT2D eigenvalue weighted by molar-refractivity contribution is 9.10. The Balaban J connectivity index is 1.62. The Kier molecular flexibility index (Phi) is 5.57. The van der Waals surface area contributed by atoms with Gasteiger partial charge in [0, 0.05) is 22.1 Å². The molecular formula is C18H15BrN4S. The largest absolute Gasteiger partial charge is 0.370 e. The molecule has 0 atom stereocenters. The summed E-state index contributed by atoms with van der Waals surface area (Å²) < 4.78 is 1.09. The molecule has 0 bridgehead atoms. The first-order chi connectivity index (χ1) is 11.7. The number of anilines is 1. The minimum atomic E-state index is 0.426. The van der Waals surface area contributed by atoms with Crippen LogP contribution in [0.5, 0.6) is 0 Å². The van der Waals surface area contributed by atoms with Crippen molar-refractivity contribution in [3.8, 4) is 16.8 Å². The zero-order chi connectivity index (χ0) is 16.8. The molecule has 6 heteroatoms. The summed E-state index contributed by atoms with van der Waals surface area (Å²) in [6, 6.07) is 16.3. The van der Waals surface area contributed by atoms with Crippen LogP contribution in [-0.2, 0) is 12.8 Å². The van der Waals surface area contributed by atoms with Crippen molar-refractivity contribution in [1.82, 2.24) is 9.97 Å². The van der Waals surface area contributed by atoms with E-state index < -0.39 is 0 Å². The van der Waals surface area contributed by atoms with E-state index in [1.54, 1.807) is 17.5 Å². The highest BCUT2D eigenvalue weighted by Gasteiger charge is 2.06. The van der Waals surface area contributed by atoms with Crippen molar-refractivity contribution in [1.29, 1.82) is 5.26 Å². The van der Waals surface area contributed by atoms with E-state index in [2.05, 4.69) is 49.4 Å². The Bertz CT molecular complexity index is 852. The van der Waals surface area contributed by atoms with Crippen LogP contribution in [0, 0.1) is 11.3 Å². The summed E-state index contributed by atoms with van der Waals surface area (Å²) in [6.07, 6.45) is 3.11. The summed E-state index contributed by atoms with van der Waals surface area (Å²) in [5.74, 6) is 1.50. The van der Waals surface area contributed by atoms with E-state index in [4.69, 9.17) is 5.26 Å². The molecule has 0 aliphatic carbocycles. The number of hydrogen-bond acceptors (Lipinski definition) is 5. The van der Waals surface area contributed by atoms with Crippen LogP contribution < -0.4 is 5.32 Å². The number of nitrogens with zero attached hydrogens (tertiary/aromatic N) is 3. The zero-order valence-electron chi connectivity index (χ0n) is 12.9. The third-order valence-electron chi connectivity index (χ3n) is 3.42. The summed E-state index contributed by atoms with van der Waals surface area (Å²) in [5, 5.41) is 12.1. The fraction of sp³-hybridized carbons (Fsp3) is 0.167. The molecule has 1 N–H and O–H groups in total. The van der Waals surface area contributed by atoms with Crippen LogP contribution in [0.2, 0.25) is 0 Å². The van der Waals surface area contributed by atoms with Gasteiger partial charge in [-0.15, -0.1) is 11.3 Å². The molecule has 2 heterocycles. The SMILES string of the molecule is N#CCc1ccc(-c2nccc(NCCc3ccc(Br)cc3)n2)s1. The Morgan fingerprint density at radius 3 is 2.75 bits per heavy atom. The first-order valence-corrected chi connectivity index (χ1v) is 9.13. The minimum absolute atomic E-state index is 0.426. The predicted octanol–water partition coefficient (Wildman–Crippen LogP) is 4.69. The van der Waals surface area contributed by atoms with E-state index in [1.807, 2.05) is 30.3 Å². The molecule has 0 amide bonds. The van der Waals surface area contributed by atoms with Gasteiger partial charge in [-0.05, 0) is 42.3 Å². The molecule has 3 rings (SSSR count). The molecule has 0 saturated carbocycles. The van der Waals surface area contributed by atoms with Gasteiger partial charge < -0.3 is 5.32 Å². The molecule has 0 saturated heterocycles. The van der Waals surface area contributed by atoms with Gasteiger partial charge in [0.25, 0.3) is 0 Å². The van der Waals surface area contributed by atoms with Crippen LogP contribution in [0.1, 0.15) is 10.4 Å². The zero-order valence-corrected chi connectivity index (χ0v) is 15.3. The second kappa shape index (κ2) is 8.04. The predicted molar refractivity (Wildman–Crippen MR) is 101 cm³/mol. The van der Waals surface area contributed by atoms with E-state index in [0.717, 1.165) is 33.0 Å². The van der Waals surface area contributed by atoms with Crippen molar-refractivity contribution in [2.24, 2.45) is 0 Å². The molecule has 2 aromatic heterocycles. The van der Waals surface area contributed by atoms with E-state index in [-0.39, 0.29) is 0 Å². The second-order valence-electron chi connectivity index (χ2n) is 5.17. The molecule has 0 spiro atoms. The van der Waals surface area contributed by atoms with Crippen LogP contribution in [0.15, 0.2) is 53.1 Å². The van der Waals surface area contributed by atoms with Gasteiger partial charge in [0.1, 0.15) is 5.82 Å². The monoisotopic (exact) mass is 398 g/mol. The number of hydrogen-bond donors (Lipinski definition) is 1. The summed E-state index contributed by atoms with van der Waals surface area (Å²) >= 11 is 5.00. The van der Waals surface area contributed by atoms with Crippen molar-refractivity contribution in [3.63, 3.8) is 0 Å². The maximum atomic E-state index is 8.76. The topological polar surface area (TPSA) is 61.6 Å². The first-order valence-electron chi connectivity index (χ1n) is 7.52. The smallest absolute Gasteiger partial charge is 0.171 e. The van der Waals surface area contributed by atoms with Gasteiger partial charge in [-0.1, -0.05) is 28.1 Å². The number of nitriles is 1. The number of rotatable bonds is 6. The quantitative estimate of drug-likeness (QED) is 0.653. The molecule has 120 valence electrons. The summed E-state index contributed by atoms with van der Waals surface area (Å²) in [5.41, 5.74) is 1.28. The van der Waals surface area contributed by atoms with Crippen LogP contribution >= 0.6 is 27.3 Å². The second-order valence-corrected chi connectivity index (χ2v) is 7.25. The minimum Gasteiger partial charge on any atom is -0.370 e. The summed E-state index contributed by atoms with van der Waals surface area (Å²) in [4.78, 5) is 10.9. The highest BCUT2D eigenvalue weighted by atomic mass is 79.9.